The molecule has 0 spiro atoms. The molecule has 1 aliphatic heterocycles. The molecule has 1 aromatic heterocycles. The van der Waals surface area contributed by atoms with Crippen molar-refractivity contribution in [1.29, 1.82) is 0 Å². The number of hydrogen-bond acceptors (Lipinski definition) is 4. The number of carbonyl (C=O) groups excluding carboxylic acids is 2. The van der Waals surface area contributed by atoms with Gasteiger partial charge < -0.3 is 10.3 Å². The number of amides is 1. The van der Waals surface area contributed by atoms with Crippen LogP contribution < -0.4 is 5.32 Å². The first-order valence-corrected chi connectivity index (χ1v) is 9.66. The molecule has 2 heterocycles. The maximum absolute atomic E-state index is 12.4. The van der Waals surface area contributed by atoms with Crippen LogP contribution in [0.4, 0.5) is 5.69 Å². The van der Waals surface area contributed by atoms with Gasteiger partial charge >= 0.3 is 0 Å². The largest absolute Gasteiger partial charge is 0.342 e. The molecule has 6 heteroatoms. The van der Waals surface area contributed by atoms with Gasteiger partial charge in [-0.2, -0.15) is 0 Å². The molecule has 1 amide bonds. The van der Waals surface area contributed by atoms with E-state index in [0.717, 1.165) is 42.8 Å². The zero-order valence-corrected chi connectivity index (χ0v) is 15.9. The Morgan fingerprint density at radius 1 is 1.18 bits per heavy atom. The summed E-state index contributed by atoms with van der Waals surface area (Å²) in [5, 5.41) is 2.92. The summed E-state index contributed by atoms with van der Waals surface area (Å²) in [5.41, 5.74) is 3.39. The number of rotatable bonds is 5. The molecule has 2 aromatic carbocycles. The number of likely N-dealkylation sites (tertiary alicyclic amines) is 1. The van der Waals surface area contributed by atoms with Crippen molar-refractivity contribution in [3.8, 4) is 0 Å². The number of H-pyrrole nitrogens is 1. The minimum absolute atomic E-state index is 0.0165. The lowest BCUT2D eigenvalue weighted by Gasteiger charge is -2.31. The summed E-state index contributed by atoms with van der Waals surface area (Å²) in [6, 6.07) is 15.0. The average Bonchev–Trinajstić information content (AvgIpc) is 3.13. The van der Waals surface area contributed by atoms with E-state index in [0.29, 0.717) is 23.7 Å². The van der Waals surface area contributed by atoms with Gasteiger partial charge in [0.25, 0.3) is 0 Å². The maximum atomic E-state index is 12.4. The first-order valence-electron chi connectivity index (χ1n) is 9.66. The van der Waals surface area contributed by atoms with Crippen LogP contribution in [0.5, 0.6) is 0 Å². The van der Waals surface area contributed by atoms with E-state index in [1.165, 1.54) is 6.92 Å². The van der Waals surface area contributed by atoms with Crippen molar-refractivity contribution in [3.05, 3.63) is 59.9 Å². The topological polar surface area (TPSA) is 78.1 Å². The van der Waals surface area contributed by atoms with Gasteiger partial charge in [0.05, 0.1) is 17.6 Å². The number of nitrogens with zero attached hydrogens (tertiary/aromatic N) is 2. The first kappa shape index (κ1) is 18.4. The Bertz CT molecular complexity index is 960. The van der Waals surface area contributed by atoms with E-state index in [9.17, 15) is 9.59 Å². The number of para-hydroxylation sites is 2. The molecular weight excluding hydrogens is 352 g/mol. The van der Waals surface area contributed by atoms with Crippen molar-refractivity contribution < 1.29 is 9.59 Å². The fourth-order valence-electron chi connectivity index (χ4n) is 3.78. The zero-order valence-electron chi connectivity index (χ0n) is 15.9. The second-order valence-electron chi connectivity index (χ2n) is 7.40. The number of ketones is 1. The van der Waals surface area contributed by atoms with Crippen LogP contribution in [0.25, 0.3) is 11.0 Å². The molecule has 0 radical (unpaired) electrons. The van der Waals surface area contributed by atoms with Gasteiger partial charge in [-0.1, -0.05) is 12.1 Å². The molecule has 3 aromatic rings. The standard InChI is InChI=1S/C22H24N4O2/c1-15(27)16-8-10-18(11-9-16)23-21(28)14-26-12-4-5-17(13-26)22-24-19-6-2-3-7-20(19)25-22/h2-3,6-11,17H,4-5,12-14H2,1H3,(H,23,28)(H,24,25). The lowest BCUT2D eigenvalue weighted by molar-refractivity contribution is -0.117. The van der Waals surface area contributed by atoms with E-state index in [1.807, 2.05) is 24.3 Å². The molecule has 1 atom stereocenters. The number of benzene rings is 2. The van der Waals surface area contributed by atoms with Crippen LogP contribution in [0, 0.1) is 0 Å². The SMILES string of the molecule is CC(=O)c1ccc(NC(=O)CN2CCCC(c3nc4ccccc4[nH]3)C2)cc1. The Labute approximate surface area is 164 Å². The van der Waals surface area contributed by atoms with Gasteiger partial charge in [0.15, 0.2) is 5.78 Å². The quantitative estimate of drug-likeness (QED) is 0.667. The predicted octanol–water partition coefficient (Wildman–Crippen LogP) is 3.58. The van der Waals surface area contributed by atoms with Crippen LogP contribution in [-0.4, -0.2) is 46.2 Å². The van der Waals surface area contributed by atoms with Gasteiger partial charge in [-0.05, 0) is 62.7 Å². The van der Waals surface area contributed by atoms with Gasteiger partial charge in [0.1, 0.15) is 5.82 Å². The number of aromatic amines is 1. The maximum Gasteiger partial charge on any atom is 0.238 e. The number of hydrogen-bond donors (Lipinski definition) is 2. The van der Waals surface area contributed by atoms with Gasteiger partial charge in [0, 0.05) is 23.7 Å². The molecule has 1 unspecified atom stereocenters. The summed E-state index contributed by atoms with van der Waals surface area (Å²) in [7, 11) is 0. The van der Waals surface area contributed by atoms with Crippen molar-refractivity contribution in [3.63, 3.8) is 0 Å². The van der Waals surface area contributed by atoms with Crippen LogP contribution in [0.1, 0.15) is 41.9 Å². The van der Waals surface area contributed by atoms with E-state index in [4.69, 9.17) is 4.98 Å². The highest BCUT2D eigenvalue weighted by molar-refractivity contribution is 5.96. The van der Waals surface area contributed by atoms with E-state index in [1.54, 1.807) is 24.3 Å². The van der Waals surface area contributed by atoms with Crippen molar-refractivity contribution >= 4 is 28.4 Å². The van der Waals surface area contributed by atoms with Gasteiger partial charge in [-0.25, -0.2) is 4.98 Å². The molecule has 1 aliphatic rings. The monoisotopic (exact) mass is 376 g/mol. The lowest BCUT2D eigenvalue weighted by atomic mass is 9.97. The Balaban J connectivity index is 1.36. The summed E-state index contributed by atoms with van der Waals surface area (Å²) >= 11 is 0. The third kappa shape index (κ3) is 4.12. The third-order valence-corrected chi connectivity index (χ3v) is 5.24. The second kappa shape index (κ2) is 7.94. The van der Waals surface area contributed by atoms with E-state index >= 15 is 0 Å². The summed E-state index contributed by atoms with van der Waals surface area (Å²) in [4.78, 5) is 34.1. The first-order chi connectivity index (χ1) is 13.6. The summed E-state index contributed by atoms with van der Waals surface area (Å²) < 4.78 is 0. The Kier molecular flexibility index (Phi) is 5.21. The van der Waals surface area contributed by atoms with Crippen molar-refractivity contribution in [2.45, 2.75) is 25.7 Å². The van der Waals surface area contributed by atoms with Crippen LogP contribution >= 0.6 is 0 Å². The Morgan fingerprint density at radius 2 is 1.96 bits per heavy atom. The average molecular weight is 376 g/mol. The van der Waals surface area contributed by atoms with Crippen LogP contribution in [0.3, 0.4) is 0 Å². The number of nitrogens with one attached hydrogen (secondary N) is 2. The van der Waals surface area contributed by atoms with Gasteiger partial charge in [-0.15, -0.1) is 0 Å². The summed E-state index contributed by atoms with van der Waals surface area (Å²) in [5.74, 6) is 1.29. The molecule has 144 valence electrons. The van der Waals surface area contributed by atoms with Crippen molar-refractivity contribution in [2.75, 3.05) is 25.0 Å². The van der Waals surface area contributed by atoms with Crippen LogP contribution in [0.15, 0.2) is 48.5 Å². The number of aromatic nitrogens is 2. The molecule has 4 rings (SSSR count). The minimum atomic E-state index is -0.0409. The molecule has 6 nitrogen and oxygen atoms in total. The number of piperidine rings is 1. The Morgan fingerprint density at radius 3 is 2.71 bits per heavy atom. The highest BCUT2D eigenvalue weighted by Crippen LogP contribution is 2.26. The van der Waals surface area contributed by atoms with Crippen LogP contribution in [0.2, 0.25) is 0 Å². The number of anilines is 1. The smallest absolute Gasteiger partial charge is 0.238 e. The zero-order chi connectivity index (χ0) is 19.5. The number of imidazole rings is 1. The van der Waals surface area contributed by atoms with E-state index < -0.39 is 0 Å². The van der Waals surface area contributed by atoms with Gasteiger partial charge in [-0.3, -0.25) is 14.5 Å². The minimum Gasteiger partial charge on any atom is -0.342 e. The molecule has 0 aliphatic carbocycles. The van der Waals surface area contributed by atoms with E-state index in [-0.39, 0.29) is 11.7 Å². The predicted molar refractivity (Wildman–Crippen MR) is 110 cm³/mol. The number of fused-ring (bicyclic) bond motifs is 1. The highest BCUT2D eigenvalue weighted by Gasteiger charge is 2.25. The number of Topliss-reactive ketones (excluding diaryl/α,β-unsaturated/α-hetero) is 1. The molecular formula is C22H24N4O2. The third-order valence-electron chi connectivity index (χ3n) is 5.24. The molecule has 28 heavy (non-hydrogen) atoms. The molecule has 2 N–H and O–H groups in total. The van der Waals surface area contributed by atoms with Crippen molar-refractivity contribution in [2.24, 2.45) is 0 Å². The summed E-state index contributed by atoms with van der Waals surface area (Å²) in [6.45, 7) is 3.61. The van der Waals surface area contributed by atoms with Gasteiger partial charge in [0.2, 0.25) is 5.91 Å². The number of carbonyl (C=O) groups is 2. The highest BCUT2D eigenvalue weighted by atomic mass is 16.2. The van der Waals surface area contributed by atoms with Crippen molar-refractivity contribution in [1.82, 2.24) is 14.9 Å². The van der Waals surface area contributed by atoms with Crippen LogP contribution in [-0.2, 0) is 4.79 Å². The molecule has 1 fully saturated rings. The fraction of sp³-hybridized carbons (Fsp3) is 0.318. The Hall–Kier alpha value is -2.99. The second-order valence-corrected chi connectivity index (χ2v) is 7.40. The van der Waals surface area contributed by atoms with E-state index in [2.05, 4.69) is 15.2 Å². The fourth-order valence-corrected chi connectivity index (χ4v) is 3.78. The normalized spacial score (nSPS) is 17.5. The lowest BCUT2D eigenvalue weighted by Crippen LogP contribution is -2.40. The molecule has 0 saturated carbocycles. The molecule has 0 bridgehead atoms. The summed E-state index contributed by atoms with van der Waals surface area (Å²) in [6.07, 6.45) is 2.12. The molecule has 1 saturated heterocycles.